The molecule has 170 valence electrons. The third kappa shape index (κ3) is 4.74. The molecular formula is C26H31ClN2O2S. The maximum Gasteiger partial charge on any atom is 0.243 e. The zero-order chi connectivity index (χ0) is 22.1. The second kappa shape index (κ2) is 9.56. The molecule has 3 aliphatic rings. The van der Waals surface area contributed by atoms with Gasteiger partial charge < -0.3 is 9.80 Å². The van der Waals surface area contributed by atoms with Crippen LogP contribution < -0.4 is 0 Å². The Morgan fingerprint density at radius 3 is 2.53 bits per heavy atom. The average molecular weight is 471 g/mol. The fraction of sp³-hybridized carbons (Fsp3) is 0.538. The molecule has 2 aromatic rings. The first-order chi connectivity index (χ1) is 15.6. The van der Waals surface area contributed by atoms with Crippen molar-refractivity contribution in [1.29, 1.82) is 0 Å². The minimum absolute atomic E-state index is 0.0583. The van der Waals surface area contributed by atoms with Crippen molar-refractivity contribution < 1.29 is 9.59 Å². The number of nitrogens with zero attached hydrogens (tertiary/aromatic N) is 2. The van der Waals surface area contributed by atoms with Gasteiger partial charge in [-0.2, -0.15) is 0 Å². The average Bonchev–Trinajstić information content (AvgIpc) is 3.29. The van der Waals surface area contributed by atoms with E-state index in [4.69, 9.17) is 11.6 Å². The van der Waals surface area contributed by atoms with Gasteiger partial charge in [-0.15, -0.1) is 11.3 Å². The fourth-order valence-electron chi connectivity index (χ4n) is 5.40. The lowest BCUT2D eigenvalue weighted by atomic mass is 9.93. The summed E-state index contributed by atoms with van der Waals surface area (Å²) in [6.45, 7) is 0.895. The van der Waals surface area contributed by atoms with E-state index in [0.29, 0.717) is 23.9 Å². The number of hydrogen-bond acceptors (Lipinski definition) is 3. The monoisotopic (exact) mass is 470 g/mol. The van der Waals surface area contributed by atoms with E-state index in [2.05, 4.69) is 11.4 Å². The molecule has 2 heterocycles. The molecule has 1 aromatic carbocycles. The number of fused-ring (bicyclic) bond motifs is 1. The summed E-state index contributed by atoms with van der Waals surface area (Å²) in [5, 5.41) is 2.81. The number of rotatable bonds is 7. The first-order valence-electron chi connectivity index (χ1n) is 12.0. The van der Waals surface area contributed by atoms with E-state index < -0.39 is 0 Å². The molecule has 2 amide bonds. The van der Waals surface area contributed by atoms with E-state index in [1.165, 1.54) is 36.1 Å². The third-order valence-corrected chi connectivity index (χ3v) is 8.58. The van der Waals surface area contributed by atoms with Crippen LogP contribution in [0.1, 0.15) is 73.4 Å². The van der Waals surface area contributed by atoms with Gasteiger partial charge >= 0.3 is 0 Å². The van der Waals surface area contributed by atoms with Crippen LogP contribution >= 0.6 is 22.9 Å². The van der Waals surface area contributed by atoms with Crippen LogP contribution in [0.4, 0.5) is 0 Å². The van der Waals surface area contributed by atoms with Gasteiger partial charge in [-0.05, 0) is 66.3 Å². The Labute approximate surface area is 199 Å². The predicted octanol–water partition coefficient (Wildman–Crippen LogP) is 5.84. The van der Waals surface area contributed by atoms with E-state index in [0.717, 1.165) is 31.2 Å². The number of thiophene rings is 1. The summed E-state index contributed by atoms with van der Waals surface area (Å²) in [5.74, 6) is 0.927. The molecule has 1 unspecified atom stereocenters. The highest BCUT2D eigenvalue weighted by molar-refractivity contribution is 7.10. The first-order valence-corrected chi connectivity index (χ1v) is 13.3. The number of carbonyl (C=O) groups excluding carboxylic acids is 2. The number of halogens is 1. The second-order valence-corrected chi connectivity index (χ2v) is 11.0. The van der Waals surface area contributed by atoms with Crippen LogP contribution in [-0.4, -0.2) is 40.7 Å². The molecule has 4 nitrogen and oxygen atoms in total. The molecule has 2 fully saturated rings. The van der Waals surface area contributed by atoms with Gasteiger partial charge in [-0.3, -0.25) is 9.59 Å². The van der Waals surface area contributed by atoms with Gasteiger partial charge in [0.05, 0.1) is 6.04 Å². The Balaban J connectivity index is 1.32. The predicted molar refractivity (Wildman–Crippen MR) is 129 cm³/mol. The quantitative estimate of drug-likeness (QED) is 0.510. The van der Waals surface area contributed by atoms with Gasteiger partial charge in [0.25, 0.3) is 0 Å². The van der Waals surface area contributed by atoms with Crippen molar-refractivity contribution in [2.24, 2.45) is 5.92 Å². The highest BCUT2D eigenvalue weighted by Gasteiger charge is 2.38. The Bertz CT molecular complexity index is 962. The molecule has 0 bridgehead atoms. The van der Waals surface area contributed by atoms with Crippen molar-refractivity contribution in [1.82, 2.24) is 9.80 Å². The second-order valence-electron chi connectivity index (χ2n) is 9.53. The molecule has 0 saturated heterocycles. The van der Waals surface area contributed by atoms with Crippen molar-refractivity contribution in [2.45, 2.75) is 69.9 Å². The Morgan fingerprint density at radius 1 is 1.06 bits per heavy atom. The van der Waals surface area contributed by atoms with Gasteiger partial charge in [0.1, 0.15) is 6.54 Å². The largest absolute Gasteiger partial charge is 0.330 e. The number of benzene rings is 1. The minimum Gasteiger partial charge on any atom is -0.330 e. The van der Waals surface area contributed by atoms with Crippen LogP contribution in [0.5, 0.6) is 0 Å². The standard InChI is InChI=1S/C26H31ClN2O2S/c27-20-8-6-19(7-9-20)26-22-14-16-32-23(22)13-15-28(26)25(31)17-29(21-10-11-21)24(30)12-5-18-3-1-2-4-18/h6-9,14,16,18,21,26H,1-5,10-13,15,17H2. The highest BCUT2D eigenvalue weighted by Crippen LogP contribution is 2.39. The topological polar surface area (TPSA) is 40.6 Å². The van der Waals surface area contributed by atoms with Crippen molar-refractivity contribution >= 4 is 34.8 Å². The highest BCUT2D eigenvalue weighted by atomic mass is 35.5. The Kier molecular flexibility index (Phi) is 6.56. The minimum atomic E-state index is -0.107. The molecule has 32 heavy (non-hydrogen) atoms. The zero-order valence-corrected chi connectivity index (χ0v) is 20.0. The lowest BCUT2D eigenvalue weighted by molar-refractivity contribution is -0.142. The molecule has 1 atom stereocenters. The number of carbonyl (C=O) groups is 2. The summed E-state index contributed by atoms with van der Waals surface area (Å²) in [7, 11) is 0. The third-order valence-electron chi connectivity index (χ3n) is 7.33. The zero-order valence-electron chi connectivity index (χ0n) is 18.5. The lowest BCUT2D eigenvalue weighted by Crippen LogP contribution is -2.47. The van der Waals surface area contributed by atoms with Gasteiger partial charge in [-0.25, -0.2) is 0 Å². The van der Waals surface area contributed by atoms with Gasteiger partial charge in [0.2, 0.25) is 11.8 Å². The summed E-state index contributed by atoms with van der Waals surface area (Å²) in [5.41, 5.74) is 2.29. The van der Waals surface area contributed by atoms with Crippen LogP contribution in [0.15, 0.2) is 35.7 Å². The van der Waals surface area contributed by atoms with Crippen LogP contribution in [0, 0.1) is 5.92 Å². The molecule has 1 aliphatic heterocycles. The van der Waals surface area contributed by atoms with Crippen molar-refractivity contribution in [2.75, 3.05) is 13.1 Å². The van der Waals surface area contributed by atoms with Crippen LogP contribution in [0.2, 0.25) is 5.02 Å². The van der Waals surface area contributed by atoms with Gasteiger partial charge in [-0.1, -0.05) is 49.4 Å². The van der Waals surface area contributed by atoms with Crippen molar-refractivity contribution in [3.8, 4) is 0 Å². The molecule has 0 N–H and O–H groups in total. The first kappa shape index (κ1) is 22.0. The normalized spacial score (nSPS) is 20.9. The van der Waals surface area contributed by atoms with Crippen LogP contribution in [0.25, 0.3) is 0 Å². The summed E-state index contributed by atoms with van der Waals surface area (Å²) in [4.78, 5) is 31.9. The molecular weight excluding hydrogens is 440 g/mol. The van der Waals surface area contributed by atoms with E-state index in [-0.39, 0.29) is 30.4 Å². The summed E-state index contributed by atoms with van der Waals surface area (Å²) >= 11 is 7.89. The van der Waals surface area contributed by atoms with Crippen molar-refractivity contribution in [3.05, 3.63) is 56.7 Å². The molecule has 0 spiro atoms. The summed E-state index contributed by atoms with van der Waals surface area (Å²) < 4.78 is 0. The molecule has 5 rings (SSSR count). The number of hydrogen-bond donors (Lipinski definition) is 0. The van der Waals surface area contributed by atoms with Crippen LogP contribution in [-0.2, 0) is 16.0 Å². The van der Waals surface area contributed by atoms with E-state index in [1.54, 1.807) is 11.3 Å². The fourth-order valence-corrected chi connectivity index (χ4v) is 6.43. The van der Waals surface area contributed by atoms with Crippen molar-refractivity contribution in [3.63, 3.8) is 0 Å². The van der Waals surface area contributed by atoms with Gasteiger partial charge in [0.15, 0.2) is 0 Å². The number of amides is 2. The molecule has 2 aliphatic carbocycles. The molecule has 2 saturated carbocycles. The molecule has 6 heteroatoms. The molecule has 0 radical (unpaired) electrons. The maximum atomic E-state index is 13.6. The maximum absolute atomic E-state index is 13.6. The Hall–Kier alpha value is -1.85. The molecule has 1 aromatic heterocycles. The SMILES string of the molecule is O=C(CCC1CCCC1)N(CC(=O)N1CCc2sccc2C1c1ccc(Cl)cc1)C1CC1. The van der Waals surface area contributed by atoms with E-state index in [9.17, 15) is 9.59 Å². The van der Waals surface area contributed by atoms with Gasteiger partial charge in [0, 0.05) is 28.9 Å². The lowest BCUT2D eigenvalue weighted by Gasteiger charge is -2.37. The van der Waals surface area contributed by atoms with Crippen LogP contribution in [0.3, 0.4) is 0 Å². The Morgan fingerprint density at radius 2 is 1.81 bits per heavy atom. The summed E-state index contributed by atoms with van der Waals surface area (Å²) in [6.07, 6.45) is 9.61. The van der Waals surface area contributed by atoms with E-state index in [1.807, 2.05) is 34.1 Å². The van der Waals surface area contributed by atoms with E-state index >= 15 is 0 Å². The summed E-state index contributed by atoms with van der Waals surface area (Å²) in [6, 6.07) is 10.1. The smallest absolute Gasteiger partial charge is 0.243 e.